The van der Waals surface area contributed by atoms with E-state index in [2.05, 4.69) is 22.1 Å². The van der Waals surface area contributed by atoms with Crippen LogP contribution in [0.25, 0.3) is 0 Å². The molecule has 31 heavy (non-hydrogen) atoms. The molecule has 0 spiro atoms. The molecule has 0 radical (unpaired) electrons. The standard InChI is InChI=1S/C25H22N2O4/c1-2-31-23-9-4-3-6-19(23)7-5-8-21-17-26-15-14-22(21)24(28)27-16-18-10-12-20(13-11-18)25(29)30/h3-4,6,9-15,17H,2,7,16H2,1H3,(H,27,28)(H,29,30). The van der Waals surface area contributed by atoms with Gasteiger partial charge in [-0.05, 0) is 36.8 Å². The number of carboxylic acid groups (broad SMARTS) is 1. The van der Waals surface area contributed by atoms with E-state index in [1.807, 2.05) is 31.2 Å². The lowest BCUT2D eigenvalue weighted by molar-refractivity contribution is 0.0696. The Morgan fingerprint density at radius 2 is 1.87 bits per heavy atom. The summed E-state index contributed by atoms with van der Waals surface area (Å²) in [7, 11) is 0. The molecule has 0 bridgehead atoms. The van der Waals surface area contributed by atoms with Gasteiger partial charge in [0.05, 0.1) is 23.3 Å². The van der Waals surface area contributed by atoms with Gasteiger partial charge in [0, 0.05) is 30.9 Å². The van der Waals surface area contributed by atoms with Crippen LogP contribution in [-0.4, -0.2) is 28.6 Å². The number of aromatic carboxylic acids is 1. The van der Waals surface area contributed by atoms with Gasteiger partial charge in [-0.1, -0.05) is 42.2 Å². The highest BCUT2D eigenvalue weighted by molar-refractivity contribution is 5.96. The van der Waals surface area contributed by atoms with Crippen molar-refractivity contribution in [3.05, 3.63) is 94.8 Å². The monoisotopic (exact) mass is 414 g/mol. The minimum atomic E-state index is -0.987. The summed E-state index contributed by atoms with van der Waals surface area (Å²) in [4.78, 5) is 27.7. The average molecular weight is 414 g/mol. The summed E-state index contributed by atoms with van der Waals surface area (Å²) in [6.45, 7) is 2.79. The van der Waals surface area contributed by atoms with Crippen LogP contribution < -0.4 is 10.1 Å². The fourth-order valence-electron chi connectivity index (χ4n) is 2.92. The number of hydrogen-bond donors (Lipinski definition) is 2. The molecule has 0 saturated heterocycles. The molecule has 1 heterocycles. The van der Waals surface area contributed by atoms with E-state index in [4.69, 9.17) is 9.84 Å². The predicted octanol–water partition coefficient (Wildman–Crippen LogP) is 3.70. The first-order valence-corrected chi connectivity index (χ1v) is 9.82. The highest BCUT2D eigenvalue weighted by atomic mass is 16.5. The van der Waals surface area contributed by atoms with Crippen molar-refractivity contribution in [2.45, 2.75) is 19.9 Å². The lowest BCUT2D eigenvalue weighted by Crippen LogP contribution is -2.23. The molecule has 2 N–H and O–H groups in total. The van der Waals surface area contributed by atoms with Crippen molar-refractivity contribution >= 4 is 11.9 Å². The fourth-order valence-corrected chi connectivity index (χ4v) is 2.92. The summed E-state index contributed by atoms with van der Waals surface area (Å²) in [5.74, 6) is 5.68. The Hall–Kier alpha value is -4.11. The second-order valence-corrected chi connectivity index (χ2v) is 6.63. The third-order valence-electron chi connectivity index (χ3n) is 4.49. The van der Waals surface area contributed by atoms with Crippen LogP contribution in [0.15, 0.2) is 67.0 Å². The highest BCUT2D eigenvalue weighted by Crippen LogP contribution is 2.18. The average Bonchev–Trinajstić information content (AvgIpc) is 2.79. The van der Waals surface area contributed by atoms with Crippen LogP contribution in [-0.2, 0) is 13.0 Å². The van der Waals surface area contributed by atoms with Crippen molar-refractivity contribution in [1.29, 1.82) is 0 Å². The number of aromatic nitrogens is 1. The number of para-hydroxylation sites is 1. The van der Waals surface area contributed by atoms with Crippen LogP contribution in [0.2, 0.25) is 0 Å². The summed E-state index contributed by atoms with van der Waals surface area (Å²) >= 11 is 0. The van der Waals surface area contributed by atoms with Crippen LogP contribution >= 0.6 is 0 Å². The number of pyridine rings is 1. The van der Waals surface area contributed by atoms with E-state index in [0.29, 0.717) is 24.2 Å². The van der Waals surface area contributed by atoms with Crippen molar-refractivity contribution in [1.82, 2.24) is 10.3 Å². The maximum atomic E-state index is 12.7. The topological polar surface area (TPSA) is 88.5 Å². The Morgan fingerprint density at radius 3 is 2.61 bits per heavy atom. The Kier molecular flexibility index (Phi) is 7.39. The zero-order chi connectivity index (χ0) is 22.1. The zero-order valence-corrected chi connectivity index (χ0v) is 17.1. The van der Waals surface area contributed by atoms with E-state index in [-0.39, 0.29) is 18.0 Å². The lowest BCUT2D eigenvalue weighted by Gasteiger charge is -2.08. The molecular weight excluding hydrogens is 392 g/mol. The SMILES string of the molecule is CCOc1ccccc1CC#Cc1cnccc1C(=O)NCc1ccc(C(=O)O)cc1. The minimum Gasteiger partial charge on any atom is -0.494 e. The third kappa shape index (κ3) is 5.94. The summed E-state index contributed by atoms with van der Waals surface area (Å²) in [6, 6.07) is 15.7. The van der Waals surface area contributed by atoms with E-state index < -0.39 is 5.97 Å². The predicted molar refractivity (Wildman–Crippen MR) is 117 cm³/mol. The number of nitrogens with one attached hydrogen (secondary N) is 1. The Balaban J connectivity index is 1.68. The molecule has 0 fully saturated rings. The van der Waals surface area contributed by atoms with Crippen molar-refractivity contribution < 1.29 is 19.4 Å². The Morgan fingerprint density at radius 1 is 1.10 bits per heavy atom. The molecule has 0 aliphatic heterocycles. The molecule has 156 valence electrons. The molecule has 6 heteroatoms. The van der Waals surface area contributed by atoms with Gasteiger partial charge in [0.25, 0.3) is 5.91 Å². The van der Waals surface area contributed by atoms with Crippen molar-refractivity contribution in [3.63, 3.8) is 0 Å². The second kappa shape index (κ2) is 10.6. The number of amides is 1. The van der Waals surface area contributed by atoms with Crippen molar-refractivity contribution in [2.24, 2.45) is 0 Å². The number of carboxylic acids is 1. The van der Waals surface area contributed by atoms with Crippen molar-refractivity contribution in [2.75, 3.05) is 6.61 Å². The first kappa shape index (κ1) is 21.6. The molecule has 1 amide bonds. The van der Waals surface area contributed by atoms with Gasteiger partial charge < -0.3 is 15.2 Å². The van der Waals surface area contributed by atoms with E-state index in [0.717, 1.165) is 16.9 Å². The maximum absolute atomic E-state index is 12.7. The van der Waals surface area contributed by atoms with Gasteiger partial charge in [-0.2, -0.15) is 0 Å². The van der Waals surface area contributed by atoms with Gasteiger partial charge in [-0.3, -0.25) is 9.78 Å². The first-order valence-electron chi connectivity index (χ1n) is 9.82. The van der Waals surface area contributed by atoms with Crippen LogP contribution in [0.5, 0.6) is 5.75 Å². The Bertz CT molecular complexity index is 1130. The van der Waals surface area contributed by atoms with Crippen LogP contribution in [0.3, 0.4) is 0 Å². The molecule has 1 aromatic heterocycles. The number of nitrogens with zero attached hydrogens (tertiary/aromatic N) is 1. The van der Waals surface area contributed by atoms with Crippen LogP contribution in [0, 0.1) is 11.8 Å². The van der Waals surface area contributed by atoms with Gasteiger partial charge in [-0.15, -0.1) is 0 Å². The normalized spacial score (nSPS) is 9.97. The van der Waals surface area contributed by atoms with E-state index in [1.54, 1.807) is 30.6 Å². The Labute approximate surface area is 180 Å². The highest BCUT2D eigenvalue weighted by Gasteiger charge is 2.10. The molecule has 6 nitrogen and oxygen atoms in total. The number of ether oxygens (including phenoxy) is 1. The third-order valence-corrected chi connectivity index (χ3v) is 4.49. The molecule has 0 saturated carbocycles. The van der Waals surface area contributed by atoms with E-state index in [9.17, 15) is 9.59 Å². The first-order chi connectivity index (χ1) is 15.1. The molecule has 0 aliphatic carbocycles. The molecule has 0 aliphatic rings. The number of hydrogen-bond acceptors (Lipinski definition) is 4. The summed E-state index contributed by atoms with van der Waals surface area (Å²) < 4.78 is 5.62. The molecule has 2 aromatic carbocycles. The number of benzene rings is 2. The number of carbonyl (C=O) groups is 2. The van der Waals surface area contributed by atoms with Crippen LogP contribution in [0.4, 0.5) is 0 Å². The number of carbonyl (C=O) groups excluding carboxylic acids is 1. The van der Waals surface area contributed by atoms with Gasteiger partial charge >= 0.3 is 5.97 Å². The van der Waals surface area contributed by atoms with Gasteiger partial charge in [0.15, 0.2) is 0 Å². The quantitative estimate of drug-likeness (QED) is 0.576. The van der Waals surface area contributed by atoms with Crippen molar-refractivity contribution in [3.8, 4) is 17.6 Å². The maximum Gasteiger partial charge on any atom is 0.335 e. The van der Waals surface area contributed by atoms with Gasteiger partial charge in [-0.25, -0.2) is 4.79 Å². The van der Waals surface area contributed by atoms with Crippen LogP contribution in [0.1, 0.15) is 44.3 Å². The molecular formula is C25H22N2O4. The zero-order valence-electron chi connectivity index (χ0n) is 17.1. The smallest absolute Gasteiger partial charge is 0.335 e. The fraction of sp³-hybridized carbons (Fsp3) is 0.160. The summed E-state index contributed by atoms with van der Waals surface area (Å²) in [5, 5.41) is 11.8. The molecule has 0 unspecified atom stereocenters. The molecule has 0 atom stereocenters. The lowest BCUT2D eigenvalue weighted by atomic mass is 10.1. The molecule has 3 rings (SSSR count). The minimum absolute atomic E-state index is 0.202. The van der Waals surface area contributed by atoms with Gasteiger partial charge in [0.1, 0.15) is 5.75 Å². The number of rotatable bonds is 7. The largest absolute Gasteiger partial charge is 0.494 e. The summed E-state index contributed by atoms with van der Waals surface area (Å²) in [6.07, 6.45) is 3.60. The van der Waals surface area contributed by atoms with Gasteiger partial charge in [0.2, 0.25) is 0 Å². The molecule has 3 aromatic rings. The summed E-state index contributed by atoms with van der Waals surface area (Å²) in [5.41, 5.74) is 2.95. The van der Waals surface area contributed by atoms with E-state index >= 15 is 0 Å². The second-order valence-electron chi connectivity index (χ2n) is 6.63. The van der Waals surface area contributed by atoms with E-state index in [1.165, 1.54) is 12.1 Å².